The maximum absolute atomic E-state index is 12.5. The molecule has 142 valence electrons. The van der Waals surface area contributed by atoms with E-state index < -0.39 is 4.92 Å². The fraction of sp³-hybridized carbons (Fsp3) is 0.588. The predicted octanol–water partition coefficient (Wildman–Crippen LogP) is 1.49. The first-order valence-corrected chi connectivity index (χ1v) is 9.72. The molecule has 1 aromatic rings. The van der Waals surface area contributed by atoms with Gasteiger partial charge in [-0.3, -0.25) is 19.8 Å². The molecular formula is C17H23N3O5S. The smallest absolute Gasteiger partial charge is 0.283 e. The lowest BCUT2D eigenvalue weighted by Gasteiger charge is -2.27. The number of nitrogens with zero attached hydrogens (tertiary/aromatic N) is 3. The van der Waals surface area contributed by atoms with Gasteiger partial charge in [0.15, 0.2) is 0 Å². The number of morpholine rings is 2. The number of hydrogen-bond acceptors (Lipinski definition) is 7. The molecule has 2 aliphatic rings. The molecule has 0 unspecified atom stereocenters. The van der Waals surface area contributed by atoms with Gasteiger partial charge in [0.2, 0.25) is 0 Å². The summed E-state index contributed by atoms with van der Waals surface area (Å²) in [6.07, 6.45) is 0. The molecule has 2 fully saturated rings. The minimum atomic E-state index is -0.410. The van der Waals surface area contributed by atoms with E-state index in [0.717, 1.165) is 38.6 Å². The third kappa shape index (κ3) is 4.94. The van der Waals surface area contributed by atoms with E-state index >= 15 is 0 Å². The zero-order chi connectivity index (χ0) is 18.4. The summed E-state index contributed by atoms with van der Waals surface area (Å²) in [6, 6.07) is 4.77. The molecule has 26 heavy (non-hydrogen) atoms. The van der Waals surface area contributed by atoms with Gasteiger partial charge in [0.25, 0.3) is 11.6 Å². The van der Waals surface area contributed by atoms with Crippen molar-refractivity contribution < 1.29 is 19.2 Å². The average Bonchev–Trinajstić information content (AvgIpc) is 2.69. The van der Waals surface area contributed by atoms with E-state index in [9.17, 15) is 14.9 Å². The van der Waals surface area contributed by atoms with Gasteiger partial charge < -0.3 is 14.4 Å². The molecule has 0 N–H and O–H groups in total. The van der Waals surface area contributed by atoms with E-state index in [-0.39, 0.29) is 11.6 Å². The topological polar surface area (TPSA) is 85.2 Å². The van der Waals surface area contributed by atoms with Crippen LogP contribution in [0.15, 0.2) is 23.1 Å². The SMILES string of the molecule is O=C(c1ccc(SCCN2CCOCC2)c([N+](=O)[O-])c1)N1CCOCC1. The minimum Gasteiger partial charge on any atom is -0.379 e. The number of rotatable bonds is 6. The van der Waals surface area contributed by atoms with E-state index in [1.54, 1.807) is 17.0 Å². The van der Waals surface area contributed by atoms with Crippen LogP contribution in [0.3, 0.4) is 0 Å². The van der Waals surface area contributed by atoms with Gasteiger partial charge in [-0.2, -0.15) is 0 Å². The monoisotopic (exact) mass is 381 g/mol. The summed E-state index contributed by atoms with van der Waals surface area (Å²) in [5.74, 6) is 0.582. The molecule has 0 saturated carbocycles. The normalized spacial score (nSPS) is 18.7. The summed E-state index contributed by atoms with van der Waals surface area (Å²) in [7, 11) is 0. The van der Waals surface area contributed by atoms with E-state index in [1.165, 1.54) is 17.8 Å². The number of nitro groups is 1. The lowest BCUT2D eigenvalue weighted by molar-refractivity contribution is -0.387. The van der Waals surface area contributed by atoms with Crippen LogP contribution in [0.1, 0.15) is 10.4 Å². The van der Waals surface area contributed by atoms with Gasteiger partial charge in [-0.05, 0) is 12.1 Å². The van der Waals surface area contributed by atoms with Crippen LogP contribution in [0, 0.1) is 10.1 Å². The van der Waals surface area contributed by atoms with E-state index in [2.05, 4.69) is 4.90 Å². The quantitative estimate of drug-likeness (QED) is 0.419. The zero-order valence-electron chi connectivity index (χ0n) is 14.6. The lowest BCUT2D eigenvalue weighted by atomic mass is 10.1. The number of benzene rings is 1. The Balaban J connectivity index is 1.64. The summed E-state index contributed by atoms with van der Waals surface area (Å²) < 4.78 is 10.6. The maximum Gasteiger partial charge on any atom is 0.283 e. The van der Waals surface area contributed by atoms with Crippen LogP contribution in [-0.2, 0) is 9.47 Å². The van der Waals surface area contributed by atoms with Crippen molar-refractivity contribution in [3.8, 4) is 0 Å². The number of thioether (sulfide) groups is 1. The number of amides is 1. The molecule has 2 aliphatic heterocycles. The number of nitro benzene ring substituents is 1. The Kier molecular flexibility index (Phi) is 6.84. The first-order chi connectivity index (χ1) is 12.6. The highest BCUT2D eigenvalue weighted by atomic mass is 32.2. The van der Waals surface area contributed by atoms with Gasteiger partial charge in [-0.25, -0.2) is 0 Å². The Hall–Kier alpha value is -1.68. The molecule has 9 heteroatoms. The summed E-state index contributed by atoms with van der Waals surface area (Å²) in [6.45, 7) is 6.18. The summed E-state index contributed by atoms with van der Waals surface area (Å²) in [5, 5.41) is 11.5. The fourth-order valence-electron chi connectivity index (χ4n) is 2.97. The molecule has 2 heterocycles. The molecule has 0 aromatic heterocycles. The summed E-state index contributed by atoms with van der Waals surface area (Å²) >= 11 is 1.46. The summed E-state index contributed by atoms with van der Waals surface area (Å²) in [5.41, 5.74) is 0.354. The molecule has 0 aliphatic carbocycles. The van der Waals surface area contributed by atoms with E-state index in [4.69, 9.17) is 9.47 Å². The van der Waals surface area contributed by atoms with Gasteiger partial charge in [-0.1, -0.05) is 0 Å². The van der Waals surface area contributed by atoms with Crippen molar-refractivity contribution in [3.63, 3.8) is 0 Å². The van der Waals surface area contributed by atoms with Crippen molar-refractivity contribution in [2.24, 2.45) is 0 Å². The van der Waals surface area contributed by atoms with Crippen LogP contribution < -0.4 is 0 Å². The fourth-order valence-corrected chi connectivity index (χ4v) is 3.99. The number of carbonyl (C=O) groups is 1. The Labute approximate surface area is 156 Å². The van der Waals surface area contributed by atoms with Crippen molar-refractivity contribution in [2.45, 2.75) is 4.90 Å². The van der Waals surface area contributed by atoms with Crippen LogP contribution in [0.25, 0.3) is 0 Å². The maximum atomic E-state index is 12.5. The van der Waals surface area contributed by atoms with Gasteiger partial charge >= 0.3 is 0 Å². The second-order valence-corrected chi connectivity index (χ2v) is 7.28. The van der Waals surface area contributed by atoms with Crippen molar-refractivity contribution in [1.82, 2.24) is 9.80 Å². The molecule has 0 atom stereocenters. The van der Waals surface area contributed by atoms with Crippen LogP contribution in [0.5, 0.6) is 0 Å². The highest BCUT2D eigenvalue weighted by molar-refractivity contribution is 7.99. The molecule has 0 spiro atoms. The van der Waals surface area contributed by atoms with Crippen LogP contribution >= 0.6 is 11.8 Å². The first-order valence-electron chi connectivity index (χ1n) is 8.73. The number of ether oxygens (including phenoxy) is 2. The Morgan fingerprint density at radius 2 is 1.77 bits per heavy atom. The van der Waals surface area contributed by atoms with Crippen LogP contribution in [0.4, 0.5) is 5.69 Å². The predicted molar refractivity (Wildman–Crippen MR) is 97.8 cm³/mol. The van der Waals surface area contributed by atoms with Crippen LogP contribution in [-0.4, -0.2) is 85.5 Å². The third-order valence-corrected chi connectivity index (χ3v) is 5.51. The largest absolute Gasteiger partial charge is 0.379 e. The Morgan fingerprint density at radius 1 is 1.12 bits per heavy atom. The van der Waals surface area contributed by atoms with Gasteiger partial charge in [0.1, 0.15) is 0 Å². The molecule has 2 saturated heterocycles. The average molecular weight is 381 g/mol. The zero-order valence-corrected chi connectivity index (χ0v) is 15.4. The summed E-state index contributed by atoms with van der Waals surface area (Å²) in [4.78, 5) is 28.1. The number of hydrogen-bond donors (Lipinski definition) is 0. The second kappa shape index (κ2) is 9.31. The first kappa shape index (κ1) is 19.1. The van der Waals surface area contributed by atoms with E-state index in [1.807, 2.05) is 0 Å². The Morgan fingerprint density at radius 3 is 2.42 bits per heavy atom. The Bertz CT molecular complexity index is 645. The highest BCUT2D eigenvalue weighted by Crippen LogP contribution is 2.30. The molecule has 0 radical (unpaired) electrons. The van der Waals surface area contributed by atoms with E-state index in [0.29, 0.717) is 36.8 Å². The third-order valence-electron chi connectivity index (χ3n) is 4.47. The second-order valence-electron chi connectivity index (χ2n) is 6.15. The van der Waals surface area contributed by atoms with Gasteiger partial charge in [0, 0.05) is 50.1 Å². The van der Waals surface area contributed by atoms with Crippen molar-refractivity contribution >= 4 is 23.4 Å². The molecule has 8 nitrogen and oxygen atoms in total. The molecular weight excluding hydrogens is 358 g/mol. The number of carbonyl (C=O) groups excluding carboxylic acids is 1. The molecule has 0 bridgehead atoms. The van der Waals surface area contributed by atoms with Gasteiger partial charge in [-0.15, -0.1) is 11.8 Å². The van der Waals surface area contributed by atoms with Gasteiger partial charge in [0.05, 0.1) is 36.2 Å². The molecule has 3 rings (SSSR count). The standard InChI is InChI=1S/C17H23N3O5S/c21-17(19-5-10-25-11-6-19)14-1-2-16(15(13-14)20(22)23)26-12-7-18-3-8-24-9-4-18/h1-2,13H,3-12H2. The van der Waals surface area contributed by atoms with Crippen LogP contribution in [0.2, 0.25) is 0 Å². The molecule has 1 amide bonds. The minimum absolute atomic E-state index is 0.00362. The van der Waals surface area contributed by atoms with Crippen molar-refractivity contribution in [3.05, 3.63) is 33.9 Å². The lowest BCUT2D eigenvalue weighted by Crippen LogP contribution is -2.40. The van der Waals surface area contributed by atoms with Crippen molar-refractivity contribution in [1.29, 1.82) is 0 Å². The molecule has 1 aromatic carbocycles. The van der Waals surface area contributed by atoms with Crippen molar-refractivity contribution in [2.75, 3.05) is 64.9 Å². The highest BCUT2D eigenvalue weighted by Gasteiger charge is 2.23.